The highest BCUT2D eigenvalue weighted by molar-refractivity contribution is 5.92. The largest absolute Gasteiger partial charge is 0.377 e. The first kappa shape index (κ1) is 16.4. The van der Waals surface area contributed by atoms with E-state index in [9.17, 15) is 4.79 Å². The highest BCUT2D eigenvalue weighted by Gasteiger charge is 2.23. The Hall–Kier alpha value is -1.43. The van der Waals surface area contributed by atoms with Crippen LogP contribution in [-0.4, -0.2) is 67.7 Å². The Labute approximate surface area is 138 Å². The average molecular weight is 317 g/mol. The lowest BCUT2D eigenvalue weighted by Gasteiger charge is -2.35. The lowest BCUT2D eigenvalue weighted by molar-refractivity contribution is -0.117. The molecule has 23 heavy (non-hydrogen) atoms. The van der Waals surface area contributed by atoms with Gasteiger partial charge in [0, 0.05) is 45.0 Å². The minimum atomic E-state index is 0.0708. The summed E-state index contributed by atoms with van der Waals surface area (Å²) in [7, 11) is 0. The number of rotatable bonds is 5. The van der Waals surface area contributed by atoms with Crippen molar-refractivity contribution in [2.24, 2.45) is 0 Å². The highest BCUT2D eigenvalue weighted by atomic mass is 16.5. The molecular formula is C18H27N3O2. The molecule has 2 saturated heterocycles. The monoisotopic (exact) mass is 317 g/mol. The van der Waals surface area contributed by atoms with Crippen molar-refractivity contribution in [2.45, 2.75) is 25.9 Å². The predicted octanol–water partition coefficient (Wildman–Crippen LogP) is 1.73. The van der Waals surface area contributed by atoms with E-state index in [0.29, 0.717) is 12.6 Å². The molecule has 0 saturated carbocycles. The van der Waals surface area contributed by atoms with Gasteiger partial charge in [-0.2, -0.15) is 0 Å². The van der Waals surface area contributed by atoms with Crippen LogP contribution in [0.3, 0.4) is 0 Å². The zero-order valence-electron chi connectivity index (χ0n) is 14.0. The maximum atomic E-state index is 12.1. The van der Waals surface area contributed by atoms with Crippen molar-refractivity contribution in [3.63, 3.8) is 0 Å². The summed E-state index contributed by atoms with van der Waals surface area (Å²) in [6.45, 7) is 8.44. The van der Waals surface area contributed by atoms with Crippen molar-refractivity contribution in [3.8, 4) is 0 Å². The van der Waals surface area contributed by atoms with Gasteiger partial charge in [-0.25, -0.2) is 0 Å². The summed E-state index contributed by atoms with van der Waals surface area (Å²) < 4.78 is 5.70. The first-order valence-electron chi connectivity index (χ1n) is 8.62. The number of amides is 1. The molecular weight excluding hydrogens is 290 g/mol. The molecule has 0 aromatic heterocycles. The molecule has 0 spiro atoms. The van der Waals surface area contributed by atoms with Gasteiger partial charge in [-0.3, -0.25) is 14.6 Å². The van der Waals surface area contributed by atoms with Crippen LogP contribution in [0.5, 0.6) is 0 Å². The topological polar surface area (TPSA) is 44.8 Å². The average Bonchev–Trinajstić information content (AvgIpc) is 3.04. The Morgan fingerprint density at radius 1 is 1.17 bits per heavy atom. The molecule has 1 N–H and O–H groups in total. The SMILES string of the molecule is Cc1ccc(NC(=O)CN2CCN(CC3CCCO3)CC2)cc1. The number of carbonyl (C=O) groups is 1. The van der Waals surface area contributed by atoms with Gasteiger partial charge >= 0.3 is 0 Å². The summed E-state index contributed by atoms with van der Waals surface area (Å²) in [5.41, 5.74) is 2.07. The van der Waals surface area contributed by atoms with Gasteiger partial charge in [0.25, 0.3) is 0 Å². The Balaban J connectivity index is 1.37. The molecule has 1 atom stereocenters. The number of ether oxygens (including phenoxy) is 1. The Morgan fingerprint density at radius 3 is 2.52 bits per heavy atom. The van der Waals surface area contributed by atoms with Gasteiger partial charge in [0.05, 0.1) is 12.6 Å². The van der Waals surface area contributed by atoms with E-state index in [4.69, 9.17) is 4.74 Å². The quantitative estimate of drug-likeness (QED) is 0.898. The molecule has 5 nitrogen and oxygen atoms in total. The van der Waals surface area contributed by atoms with Gasteiger partial charge in [0.1, 0.15) is 0 Å². The number of aryl methyl sites for hydroxylation is 1. The summed E-state index contributed by atoms with van der Waals surface area (Å²) in [4.78, 5) is 16.8. The second kappa shape index (κ2) is 7.90. The van der Waals surface area contributed by atoms with Crippen LogP contribution in [0.4, 0.5) is 5.69 Å². The van der Waals surface area contributed by atoms with Crippen molar-refractivity contribution in [2.75, 3.05) is 51.2 Å². The molecule has 2 fully saturated rings. The Kier molecular flexibility index (Phi) is 5.65. The third kappa shape index (κ3) is 5.03. The molecule has 5 heteroatoms. The Bertz CT molecular complexity index is 504. The van der Waals surface area contributed by atoms with Crippen LogP contribution in [0.1, 0.15) is 18.4 Å². The van der Waals surface area contributed by atoms with Gasteiger partial charge in [-0.05, 0) is 31.9 Å². The molecule has 0 aliphatic carbocycles. The number of anilines is 1. The first-order valence-corrected chi connectivity index (χ1v) is 8.62. The van der Waals surface area contributed by atoms with E-state index in [1.54, 1.807) is 0 Å². The molecule has 1 aromatic rings. The summed E-state index contributed by atoms with van der Waals surface area (Å²) >= 11 is 0. The van der Waals surface area contributed by atoms with Crippen molar-refractivity contribution in [3.05, 3.63) is 29.8 Å². The number of piperazine rings is 1. The minimum Gasteiger partial charge on any atom is -0.377 e. The smallest absolute Gasteiger partial charge is 0.238 e. The number of nitrogens with one attached hydrogen (secondary N) is 1. The maximum absolute atomic E-state index is 12.1. The second-order valence-corrected chi connectivity index (χ2v) is 6.63. The van der Waals surface area contributed by atoms with Crippen molar-refractivity contribution >= 4 is 11.6 Å². The molecule has 3 rings (SSSR count). The van der Waals surface area contributed by atoms with Gasteiger partial charge in [-0.1, -0.05) is 17.7 Å². The molecule has 1 aromatic carbocycles. The summed E-state index contributed by atoms with van der Waals surface area (Å²) in [6, 6.07) is 7.93. The van der Waals surface area contributed by atoms with Crippen LogP contribution >= 0.6 is 0 Å². The number of carbonyl (C=O) groups excluding carboxylic acids is 1. The zero-order valence-corrected chi connectivity index (χ0v) is 14.0. The van der Waals surface area contributed by atoms with Crippen molar-refractivity contribution < 1.29 is 9.53 Å². The van der Waals surface area contributed by atoms with Gasteiger partial charge < -0.3 is 10.1 Å². The predicted molar refractivity (Wildman–Crippen MR) is 91.7 cm³/mol. The third-order valence-corrected chi connectivity index (χ3v) is 4.65. The number of hydrogen-bond acceptors (Lipinski definition) is 4. The molecule has 2 aliphatic rings. The van der Waals surface area contributed by atoms with Gasteiger partial charge in [0.2, 0.25) is 5.91 Å². The summed E-state index contributed by atoms with van der Waals surface area (Å²) in [5.74, 6) is 0.0708. The van der Waals surface area contributed by atoms with Crippen LogP contribution in [0.25, 0.3) is 0 Å². The van der Waals surface area contributed by atoms with Crippen LogP contribution in [0, 0.1) is 6.92 Å². The molecule has 0 radical (unpaired) electrons. The molecule has 1 unspecified atom stereocenters. The number of nitrogens with zero attached hydrogens (tertiary/aromatic N) is 2. The van der Waals surface area contributed by atoms with E-state index < -0.39 is 0 Å². The van der Waals surface area contributed by atoms with E-state index in [0.717, 1.165) is 45.0 Å². The minimum absolute atomic E-state index is 0.0708. The van der Waals surface area contributed by atoms with Crippen LogP contribution in [0.2, 0.25) is 0 Å². The zero-order chi connectivity index (χ0) is 16.1. The number of benzene rings is 1. The maximum Gasteiger partial charge on any atom is 0.238 e. The standard InChI is InChI=1S/C18H27N3O2/c1-15-4-6-16(7-5-15)19-18(22)14-21-10-8-20(9-11-21)13-17-3-2-12-23-17/h4-7,17H,2-3,8-14H2,1H3,(H,19,22). The fraction of sp³-hybridized carbons (Fsp3) is 0.611. The fourth-order valence-electron chi connectivity index (χ4n) is 3.25. The lowest BCUT2D eigenvalue weighted by atomic mass is 10.2. The van der Waals surface area contributed by atoms with E-state index in [1.807, 2.05) is 31.2 Å². The van der Waals surface area contributed by atoms with E-state index in [1.165, 1.54) is 18.4 Å². The molecule has 0 bridgehead atoms. The summed E-state index contributed by atoms with van der Waals surface area (Å²) in [6.07, 6.45) is 2.81. The molecule has 1 amide bonds. The second-order valence-electron chi connectivity index (χ2n) is 6.63. The van der Waals surface area contributed by atoms with E-state index in [-0.39, 0.29) is 5.91 Å². The van der Waals surface area contributed by atoms with E-state index in [2.05, 4.69) is 15.1 Å². The number of hydrogen-bond donors (Lipinski definition) is 1. The van der Waals surface area contributed by atoms with Crippen LogP contribution in [-0.2, 0) is 9.53 Å². The molecule has 2 aliphatic heterocycles. The van der Waals surface area contributed by atoms with Crippen LogP contribution < -0.4 is 5.32 Å². The fourth-order valence-corrected chi connectivity index (χ4v) is 3.25. The Morgan fingerprint density at radius 2 is 1.87 bits per heavy atom. The van der Waals surface area contributed by atoms with Crippen molar-refractivity contribution in [1.82, 2.24) is 9.80 Å². The lowest BCUT2D eigenvalue weighted by Crippen LogP contribution is -2.50. The third-order valence-electron chi connectivity index (χ3n) is 4.65. The van der Waals surface area contributed by atoms with Crippen LogP contribution in [0.15, 0.2) is 24.3 Å². The molecule has 2 heterocycles. The van der Waals surface area contributed by atoms with Gasteiger partial charge in [0.15, 0.2) is 0 Å². The van der Waals surface area contributed by atoms with Gasteiger partial charge in [-0.15, -0.1) is 0 Å². The molecule has 126 valence electrons. The summed E-state index contributed by atoms with van der Waals surface area (Å²) in [5, 5.41) is 2.97. The van der Waals surface area contributed by atoms with Crippen molar-refractivity contribution in [1.29, 1.82) is 0 Å². The van der Waals surface area contributed by atoms with E-state index >= 15 is 0 Å². The normalized spacial score (nSPS) is 23.1. The first-order chi connectivity index (χ1) is 11.2. The highest BCUT2D eigenvalue weighted by Crippen LogP contribution is 2.14.